The highest BCUT2D eigenvalue weighted by Crippen LogP contribution is 2.39. The molecule has 0 radical (unpaired) electrons. The van der Waals surface area contributed by atoms with E-state index < -0.39 is 0 Å². The number of aryl methyl sites for hydroxylation is 2. The van der Waals surface area contributed by atoms with Crippen molar-refractivity contribution in [2.75, 3.05) is 25.1 Å². The number of hydrogen-bond acceptors (Lipinski definition) is 5. The van der Waals surface area contributed by atoms with Crippen LogP contribution in [0.3, 0.4) is 0 Å². The fourth-order valence-corrected chi connectivity index (χ4v) is 5.32. The molecule has 1 aromatic heterocycles. The molecule has 30 heavy (non-hydrogen) atoms. The van der Waals surface area contributed by atoms with E-state index in [1.165, 1.54) is 16.2 Å². The normalized spacial score (nSPS) is 17.6. The minimum absolute atomic E-state index is 0.0876. The van der Waals surface area contributed by atoms with Crippen LogP contribution in [-0.2, 0) is 22.4 Å². The Morgan fingerprint density at radius 3 is 2.90 bits per heavy atom. The molecule has 4 rings (SSSR count). The average molecular weight is 429 g/mol. The smallest absolute Gasteiger partial charge is 0.262 e. The molecule has 1 unspecified atom stereocenters. The number of anilines is 1. The summed E-state index contributed by atoms with van der Waals surface area (Å²) in [5, 5.41) is 6.54. The summed E-state index contributed by atoms with van der Waals surface area (Å²) in [6, 6.07) is 5.78. The first-order valence-electron chi connectivity index (χ1n) is 10.6. The summed E-state index contributed by atoms with van der Waals surface area (Å²) in [6.07, 6.45) is 4.99. The Morgan fingerprint density at radius 2 is 2.10 bits per heavy atom. The van der Waals surface area contributed by atoms with Crippen molar-refractivity contribution < 1.29 is 19.1 Å². The molecule has 0 spiro atoms. The molecule has 0 saturated carbocycles. The molecule has 160 valence electrons. The van der Waals surface area contributed by atoms with E-state index >= 15 is 0 Å². The van der Waals surface area contributed by atoms with Gasteiger partial charge in [0.2, 0.25) is 0 Å². The maximum absolute atomic E-state index is 12.9. The SMILES string of the molecule is Cc1cccc(OCC(=O)Nc2sc3c(c2C(=O)NCC2CCCO2)CCC3)c1C. The first-order chi connectivity index (χ1) is 14.5. The van der Waals surface area contributed by atoms with E-state index in [0.29, 0.717) is 22.9 Å². The lowest BCUT2D eigenvalue weighted by atomic mass is 10.1. The highest BCUT2D eigenvalue weighted by Gasteiger charge is 2.28. The Morgan fingerprint density at radius 1 is 1.23 bits per heavy atom. The molecule has 1 fully saturated rings. The Kier molecular flexibility index (Phi) is 6.39. The van der Waals surface area contributed by atoms with Gasteiger partial charge in [0.15, 0.2) is 6.61 Å². The molecule has 6 nitrogen and oxygen atoms in total. The Balaban J connectivity index is 1.42. The topological polar surface area (TPSA) is 76.7 Å². The number of hydrogen-bond donors (Lipinski definition) is 2. The Hall–Kier alpha value is -2.38. The van der Waals surface area contributed by atoms with Crippen molar-refractivity contribution >= 4 is 28.2 Å². The van der Waals surface area contributed by atoms with Crippen LogP contribution in [0.15, 0.2) is 18.2 Å². The van der Waals surface area contributed by atoms with Gasteiger partial charge in [0.1, 0.15) is 10.8 Å². The molecule has 0 bridgehead atoms. The maximum Gasteiger partial charge on any atom is 0.262 e. The number of amides is 2. The first-order valence-corrected chi connectivity index (χ1v) is 11.4. The van der Waals surface area contributed by atoms with Crippen LogP contribution in [0.4, 0.5) is 5.00 Å². The zero-order chi connectivity index (χ0) is 21.1. The van der Waals surface area contributed by atoms with Gasteiger partial charge in [-0.2, -0.15) is 0 Å². The number of fused-ring (bicyclic) bond motifs is 1. The van der Waals surface area contributed by atoms with Gasteiger partial charge in [-0.1, -0.05) is 12.1 Å². The molecule has 1 aliphatic carbocycles. The van der Waals surface area contributed by atoms with Crippen molar-refractivity contribution in [2.45, 2.75) is 52.1 Å². The largest absolute Gasteiger partial charge is 0.483 e. The van der Waals surface area contributed by atoms with Crippen LogP contribution in [0, 0.1) is 13.8 Å². The number of thiophene rings is 1. The van der Waals surface area contributed by atoms with Gasteiger partial charge in [0, 0.05) is 18.0 Å². The first kappa shape index (κ1) is 20.9. The van der Waals surface area contributed by atoms with Crippen molar-refractivity contribution in [1.82, 2.24) is 5.32 Å². The number of ether oxygens (including phenoxy) is 2. The van der Waals surface area contributed by atoms with Gasteiger partial charge in [0.05, 0.1) is 11.7 Å². The zero-order valence-corrected chi connectivity index (χ0v) is 18.3. The lowest BCUT2D eigenvalue weighted by Crippen LogP contribution is -2.32. The maximum atomic E-state index is 12.9. The minimum atomic E-state index is -0.260. The molecule has 1 saturated heterocycles. The predicted molar refractivity (Wildman–Crippen MR) is 118 cm³/mol. The van der Waals surface area contributed by atoms with Crippen LogP contribution in [0.25, 0.3) is 0 Å². The van der Waals surface area contributed by atoms with Gasteiger partial charge in [0.25, 0.3) is 11.8 Å². The van der Waals surface area contributed by atoms with E-state index in [9.17, 15) is 9.59 Å². The monoisotopic (exact) mass is 428 g/mol. The van der Waals surface area contributed by atoms with Gasteiger partial charge >= 0.3 is 0 Å². The van der Waals surface area contributed by atoms with Gasteiger partial charge in [-0.15, -0.1) is 11.3 Å². The minimum Gasteiger partial charge on any atom is -0.483 e. The zero-order valence-electron chi connectivity index (χ0n) is 17.5. The number of rotatable bonds is 7. The number of carbonyl (C=O) groups is 2. The van der Waals surface area contributed by atoms with Crippen molar-refractivity contribution in [3.63, 3.8) is 0 Å². The predicted octanol–water partition coefficient (Wildman–Crippen LogP) is 3.78. The molecule has 2 aliphatic rings. The van der Waals surface area contributed by atoms with Gasteiger partial charge in [-0.05, 0) is 68.7 Å². The van der Waals surface area contributed by atoms with Crippen molar-refractivity contribution in [2.24, 2.45) is 0 Å². The Labute approximate surface area is 181 Å². The fourth-order valence-electron chi connectivity index (χ4n) is 4.02. The summed E-state index contributed by atoms with van der Waals surface area (Å²) >= 11 is 1.51. The second-order valence-electron chi connectivity index (χ2n) is 7.94. The number of carbonyl (C=O) groups excluding carboxylic acids is 2. The van der Waals surface area contributed by atoms with Gasteiger partial charge < -0.3 is 20.1 Å². The summed E-state index contributed by atoms with van der Waals surface area (Å²) in [6.45, 7) is 5.16. The quantitative estimate of drug-likeness (QED) is 0.704. The van der Waals surface area contributed by atoms with Gasteiger partial charge in [-0.3, -0.25) is 9.59 Å². The van der Waals surface area contributed by atoms with Crippen molar-refractivity contribution in [3.8, 4) is 5.75 Å². The molecule has 1 atom stereocenters. The third-order valence-corrected chi connectivity index (χ3v) is 7.04. The third kappa shape index (κ3) is 4.52. The summed E-state index contributed by atoms with van der Waals surface area (Å²) in [5.74, 6) is 0.313. The summed E-state index contributed by atoms with van der Waals surface area (Å²) in [7, 11) is 0. The summed E-state index contributed by atoms with van der Waals surface area (Å²) in [5.41, 5.74) is 3.84. The molecule has 2 aromatic rings. The van der Waals surface area contributed by atoms with Crippen LogP contribution in [-0.4, -0.2) is 37.7 Å². The van der Waals surface area contributed by atoms with E-state index in [2.05, 4.69) is 10.6 Å². The summed E-state index contributed by atoms with van der Waals surface area (Å²) in [4.78, 5) is 26.7. The Bertz CT molecular complexity index is 947. The van der Waals surface area contributed by atoms with E-state index in [1.54, 1.807) is 0 Å². The molecule has 2 heterocycles. The van der Waals surface area contributed by atoms with Crippen LogP contribution >= 0.6 is 11.3 Å². The molecule has 1 aliphatic heterocycles. The van der Waals surface area contributed by atoms with E-state index in [4.69, 9.17) is 9.47 Å². The second kappa shape index (κ2) is 9.18. The third-order valence-electron chi connectivity index (χ3n) is 5.83. The lowest BCUT2D eigenvalue weighted by molar-refractivity contribution is -0.118. The van der Waals surface area contributed by atoms with Crippen molar-refractivity contribution in [1.29, 1.82) is 0 Å². The van der Waals surface area contributed by atoms with E-state index in [0.717, 1.165) is 55.4 Å². The molecule has 2 amide bonds. The second-order valence-corrected chi connectivity index (χ2v) is 9.05. The summed E-state index contributed by atoms with van der Waals surface area (Å²) < 4.78 is 11.3. The van der Waals surface area contributed by atoms with Crippen LogP contribution in [0.1, 0.15) is 51.2 Å². The molecular weight excluding hydrogens is 400 g/mol. The van der Waals surface area contributed by atoms with Crippen LogP contribution < -0.4 is 15.4 Å². The number of nitrogens with one attached hydrogen (secondary N) is 2. The molecular formula is C23H28N2O4S. The standard InChI is InChI=1S/C23H28N2O4S/c1-14-6-3-9-18(15(14)2)29-13-20(26)25-23-21(17-8-4-10-19(17)30-23)22(27)24-12-16-7-5-11-28-16/h3,6,9,16H,4-5,7-8,10-13H2,1-2H3,(H,24,27)(H,25,26). The average Bonchev–Trinajstić information content (AvgIpc) is 3.45. The van der Waals surface area contributed by atoms with E-state index in [1.807, 2.05) is 32.0 Å². The molecule has 1 aromatic carbocycles. The van der Waals surface area contributed by atoms with Crippen LogP contribution in [0.5, 0.6) is 5.75 Å². The highest BCUT2D eigenvalue weighted by molar-refractivity contribution is 7.17. The van der Waals surface area contributed by atoms with Crippen LogP contribution in [0.2, 0.25) is 0 Å². The number of benzene rings is 1. The van der Waals surface area contributed by atoms with Gasteiger partial charge in [-0.25, -0.2) is 0 Å². The van der Waals surface area contributed by atoms with Crippen molar-refractivity contribution in [3.05, 3.63) is 45.3 Å². The fraction of sp³-hybridized carbons (Fsp3) is 0.478. The molecule has 7 heteroatoms. The highest BCUT2D eigenvalue weighted by atomic mass is 32.1. The lowest BCUT2D eigenvalue weighted by Gasteiger charge is -2.13. The molecule has 2 N–H and O–H groups in total. The van der Waals surface area contributed by atoms with E-state index in [-0.39, 0.29) is 24.5 Å².